The highest BCUT2D eigenvalue weighted by atomic mass is 32.1. The third-order valence-electron chi connectivity index (χ3n) is 27.9. The van der Waals surface area contributed by atoms with Crippen molar-refractivity contribution in [2.45, 2.75) is 180 Å². The second kappa shape index (κ2) is 43.0. The molecule has 14 aliphatic carbocycles. The minimum atomic E-state index is 0. The zero-order valence-corrected chi connectivity index (χ0v) is 92.5. The number of aryl methyl sites for hydroxylation is 12. The summed E-state index contributed by atoms with van der Waals surface area (Å²) in [5.74, 6) is 0. The predicted octanol–water partition coefficient (Wildman–Crippen LogP) is 41.6. The molecule has 0 unspecified atom stereocenters. The topological polar surface area (TPSA) is 0 Å². The van der Waals surface area contributed by atoms with Crippen molar-refractivity contribution in [1.82, 2.24) is 0 Å². The van der Waals surface area contributed by atoms with Crippen molar-refractivity contribution in [1.29, 1.82) is 0 Å². The molecule has 0 amide bonds. The molecular weight excluding hydrogens is 1960 g/mol. The van der Waals surface area contributed by atoms with Gasteiger partial charge in [-0.1, -0.05) is 195 Å². The van der Waals surface area contributed by atoms with Gasteiger partial charge in [-0.2, -0.15) is 0 Å². The van der Waals surface area contributed by atoms with Crippen LogP contribution in [0.3, 0.4) is 0 Å². The molecule has 12 heteroatoms. The molecule has 12 aromatic heterocycles. The molecule has 0 atom stereocenters. The molecule has 0 nitrogen and oxygen atoms in total. The smallest absolute Gasteiger partial charge is 0.0383 e. The first-order valence-electron chi connectivity index (χ1n) is 49.7. The quantitative estimate of drug-likeness (QED) is 0.142. The minimum Gasteiger partial charge on any atom is -0.145 e. The summed E-state index contributed by atoms with van der Waals surface area (Å²) in [5, 5.41) is 8.19. The van der Waals surface area contributed by atoms with Gasteiger partial charge in [0.25, 0.3) is 0 Å². The number of hydrogen-bond acceptors (Lipinski definition) is 12. The summed E-state index contributed by atoms with van der Waals surface area (Å²) in [6.07, 6.45) is 52.6. The second-order valence-corrected chi connectivity index (χ2v) is 54.4. The van der Waals surface area contributed by atoms with E-state index in [2.05, 4.69) is 387 Å². The van der Waals surface area contributed by atoms with Crippen molar-refractivity contribution >= 4 is 234 Å². The van der Waals surface area contributed by atoms with E-state index < -0.39 is 0 Å². The molecule has 0 spiro atoms. The SMILES string of the molecule is C.Cc1cc2c(s1)-c1ccccc1C2.Cc1cc2c(s1)C1=C(C=CC1)C2.Cc1cc2c(s1)C1=CCC=C1C2.Cc1cc2c(s1)C=CC2.Cc1cc2c(s1)CC1=C2C=CC1.Cc1cc2c(s1)CC1=CCC=C12.Cc1cc2c(s1)CC=C2.Cc1cc2c(s1)Cc1ccccc1-2.Cc1cc2cc3c(cc2s1)CC=C3.Cc1cc2cc3c(cc2s1)CC=C3.Cc1cc2cc3ccccc3cc2s1.Cc1cc2ccccc2s1. The Kier molecular flexibility index (Phi) is 29.5. The van der Waals surface area contributed by atoms with Crippen LogP contribution in [-0.4, -0.2) is 0 Å². The highest BCUT2D eigenvalue weighted by Crippen LogP contribution is 2.50. The predicted molar refractivity (Wildman–Crippen MR) is 648 cm³/mol. The summed E-state index contributed by atoms with van der Waals surface area (Å²) in [6, 6.07) is 75.8. The van der Waals surface area contributed by atoms with Gasteiger partial charge in [-0.3, -0.25) is 0 Å². The molecule has 143 heavy (non-hydrogen) atoms. The third kappa shape index (κ3) is 21.7. The van der Waals surface area contributed by atoms with Crippen LogP contribution in [0.5, 0.6) is 0 Å². The number of fused-ring (bicyclic) bond motifs is 25. The number of thiophene rings is 12. The molecule has 0 saturated carbocycles. The number of hydrogen-bond donors (Lipinski definition) is 0. The van der Waals surface area contributed by atoms with E-state index in [0.29, 0.717) is 0 Å². The Labute approximate surface area is 893 Å². The summed E-state index contributed by atoms with van der Waals surface area (Å²) >= 11 is 23.0. The Hall–Kier alpha value is -10.9. The number of rotatable bonds is 0. The lowest BCUT2D eigenvalue weighted by Gasteiger charge is -1.97. The van der Waals surface area contributed by atoms with Crippen molar-refractivity contribution in [3.05, 3.63) is 466 Å². The van der Waals surface area contributed by atoms with E-state index in [1.807, 2.05) is 136 Å². The van der Waals surface area contributed by atoms with Crippen LogP contribution in [0.1, 0.15) is 198 Å². The molecule has 0 bridgehead atoms. The summed E-state index contributed by atoms with van der Waals surface area (Å²) in [6.45, 7) is 26.1. The van der Waals surface area contributed by atoms with Gasteiger partial charge in [-0.15, -0.1) is 136 Å². The molecule has 19 aromatic rings. The first kappa shape index (κ1) is 98.2. The van der Waals surface area contributed by atoms with Gasteiger partial charge in [-0.25, -0.2) is 0 Å². The molecule has 12 heterocycles. The van der Waals surface area contributed by atoms with Crippen LogP contribution in [0.2, 0.25) is 0 Å². The van der Waals surface area contributed by atoms with Gasteiger partial charge in [0.15, 0.2) is 0 Å². The summed E-state index contributed by atoms with van der Waals surface area (Å²) in [4.78, 5) is 29.4. The number of allylic oxidation sites excluding steroid dienone is 20. The van der Waals surface area contributed by atoms with E-state index >= 15 is 0 Å². The van der Waals surface area contributed by atoms with Gasteiger partial charge in [-0.05, 0) is 429 Å². The first-order valence-corrected chi connectivity index (χ1v) is 59.5. The molecule has 33 rings (SSSR count). The third-order valence-corrected chi connectivity index (χ3v) is 40.6. The molecule has 714 valence electrons. The van der Waals surface area contributed by atoms with Gasteiger partial charge in [0.2, 0.25) is 0 Å². The normalized spacial score (nSPS) is 14.8. The molecule has 0 N–H and O–H groups in total. The first-order chi connectivity index (χ1) is 69.1. The Morgan fingerprint density at radius 3 is 1.34 bits per heavy atom. The average Bonchev–Trinajstić information content (AvgIpc) is 1.62. The Morgan fingerprint density at radius 2 is 0.678 bits per heavy atom. The van der Waals surface area contributed by atoms with Crippen LogP contribution in [0.25, 0.3) is 119 Å². The lowest BCUT2D eigenvalue weighted by atomic mass is 10.1. The zero-order chi connectivity index (χ0) is 96.9. The van der Waals surface area contributed by atoms with Crippen LogP contribution < -0.4 is 0 Å². The second-order valence-electron chi connectivity index (χ2n) is 38.8. The fraction of sp³-hybridized carbons (Fsp3) is 0.206. The van der Waals surface area contributed by atoms with E-state index in [1.165, 1.54) is 262 Å². The largest absolute Gasteiger partial charge is 0.145 e. The molecule has 14 aliphatic rings. The van der Waals surface area contributed by atoms with Crippen molar-refractivity contribution in [2.75, 3.05) is 0 Å². The standard InChI is InChI=1S/C13H10S.4C12H10S.4C11H10S.C9H8S.2C8H8S.CH4/c1-9-6-12-7-10-4-2-3-5-11(10)8-13(12)14-9;2*1-8-5-11-6-9-3-2-4-10(9)7-12(11)13-8;1-8-6-10-7-9-4-2-3-5-11(9)12(10)13-8;1-8-6-11-10-5-3-2-4-9(10)7-12(11)13-8;2*1-7-5-9-6-8-3-2-4-10(8)11(9)12-7;2*1-7-5-10-9-4-2-3-8(9)6-11(10)12-7;1-7-6-8-4-2-3-5-9(8)10-7;2*1-6-5-7-3-2-4-8(7)9-6;/h2-8H,1H3;2*2-3,5-7H,4H2,1H3;2*2-6H,7H2,1H3;3-5H,2,6H2,1H3;2-3,5H,4,6H2,1H3;3-5H,2,6H2,1H3;2,4-5H,3,6H2,1H3;2-6H,1H3;2,4-5H,3H2,1H3;2-3,5H,4H2,1H3;1H4. The number of benzene rings is 7. The van der Waals surface area contributed by atoms with E-state index in [1.54, 1.807) is 58.5 Å². The van der Waals surface area contributed by atoms with Gasteiger partial charge < -0.3 is 0 Å². The van der Waals surface area contributed by atoms with Crippen LogP contribution >= 0.6 is 136 Å². The summed E-state index contributed by atoms with van der Waals surface area (Å²) < 4.78 is 5.64. The van der Waals surface area contributed by atoms with Gasteiger partial charge in [0.05, 0.1) is 0 Å². The van der Waals surface area contributed by atoms with Crippen LogP contribution in [0.4, 0.5) is 0 Å². The highest BCUT2D eigenvalue weighted by Gasteiger charge is 2.30. The maximum Gasteiger partial charge on any atom is 0.0383 e. The van der Waals surface area contributed by atoms with E-state index in [0.717, 1.165) is 51.4 Å². The Morgan fingerprint density at radius 1 is 0.224 bits per heavy atom. The highest BCUT2D eigenvalue weighted by molar-refractivity contribution is 7.20. The van der Waals surface area contributed by atoms with Crippen molar-refractivity contribution in [3.63, 3.8) is 0 Å². The minimum absolute atomic E-state index is 0. The summed E-state index contributed by atoms with van der Waals surface area (Å²) in [5.41, 5.74) is 36.2. The van der Waals surface area contributed by atoms with E-state index in [9.17, 15) is 0 Å². The Balaban J connectivity index is 0.0000000922. The Bertz CT molecular complexity index is 8120. The maximum absolute atomic E-state index is 2.36. The fourth-order valence-corrected chi connectivity index (χ4v) is 34.0. The maximum atomic E-state index is 2.36. The van der Waals surface area contributed by atoms with Crippen molar-refractivity contribution in [2.24, 2.45) is 0 Å². The van der Waals surface area contributed by atoms with Crippen molar-refractivity contribution in [3.8, 4) is 21.6 Å². The van der Waals surface area contributed by atoms with E-state index in [4.69, 9.17) is 0 Å². The van der Waals surface area contributed by atoms with Gasteiger partial charge in [0.1, 0.15) is 0 Å². The van der Waals surface area contributed by atoms with E-state index in [-0.39, 0.29) is 7.43 Å². The molecule has 7 aromatic carbocycles. The molecule has 0 fully saturated rings. The fourth-order valence-electron chi connectivity index (χ4n) is 21.7. The lowest BCUT2D eigenvalue weighted by Crippen LogP contribution is -1.78. The van der Waals surface area contributed by atoms with Crippen molar-refractivity contribution < 1.29 is 0 Å². The van der Waals surface area contributed by atoms with Crippen LogP contribution in [-0.2, 0) is 64.2 Å². The van der Waals surface area contributed by atoms with Gasteiger partial charge in [0, 0.05) is 142 Å². The zero-order valence-electron chi connectivity index (χ0n) is 82.7. The lowest BCUT2D eigenvalue weighted by molar-refractivity contribution is 1.14. The summed E-state index contributed by atoms with van der Waals surface area (Å²) in [7, 11) is 0. The molecule has 0 radical (unpaired) electrons. The average molecular weight is 2080 g/mol. The molecule has 0 saturated heterocycles. The monoisotopic (exact) mass is 2070 g/mol. The van der Waals surface area contributed by atoms with Crippen LogP contribution in [0, 0.1) is 83.1 Å². The van der Waals surface area contributed by atoms with Gasteiger partial charge >= 0.3 is 0 Å². The molecular formula is C131H118S12. The van der Waals surface area contributed by atoms with Crippen LogP contribution in [0.15, 0.2) is 301 Å². The molecule has 0 aliphatic heterocycles.